The van der Waals surface area contributed by atoms with Gasteiger partial charge in [-0.1, -0.05) is 34.9 Å². The summed E-state index contributed by atoms with van der Waals surface area (Å²) in [6, 6.07) is 0. The maximum atomic E-state index is 10.4. The van der Waals surface area contributed by atoms with E-state index < -0.39 is 5.60 Å². The first kappa shape index (κ1) is 18.2. The molecule has 0 aromatic carbocycles. The highest BCUT2D eigenvalue weighted by Crippen LogP contribution is 2.28. The van der Waals surface area contributed by atoms with Crippen molar-refractivity contribution in [2.75, 3.05) is 0 Å². The summed E-state index contributed by atoms with van der Waals surface area (Å²) in [6.07, 6.45) is 14.9. The zero-order valence-electron chi connectivity index (χ0n) is 14.7. The normalized spacial score (nSPS) is 31.1. The lowest BCUT2D eigenvalue weighted by molar-refractivity contribution is 0.0145. The molecule has 0 spiro atoms. The van der Waals surface area contributed by atoms with Crippen LogP contribution in [0.3, 0.4) is 0 Å². The molecule has 21 heavy (non-hydrogen) atoms. The molecule has 0 fully saturated rings. The lowest BCUT2D eigenvalue weighted by Crippen LogP contribution is -2.30. The van der Waals surface area contributed by atoms with E-state index in [-0.39, 0.29) is 0 Å². The van der Waals surface area contributed by atoms with E-state index in [1.807, 2.05) is 13.8 Å². The Bertz CT molecular complexity index is 404. The van der Waals surface area contributed by atoms with Crippen LogP contribution in [0.2, 0.25) is 0 Å². The summed E-state index contributed by atoms with van der Waals surface area (Å²) in [6.45, 7) is 10.6. The average Bonchev–Trinajstić information content (AvgIpc) is 2.36. The quantitative estimate of drug-likeness (QED) is 0.591. The summed E-state index contributed by atoms with van der Waals surface area (Å²) < 4.78 is 0. The van der Waals surface area contributed by atoms with Gasteiger partial charge in [0.25, 0.3) is 0 Å². The van der Waals surface area contributed by atoms with Gasteiger partial charge in [0.1, 0.15) is 0 Å². The highest BCUT2D eigenvalue weighted by molar-refractivity contribution is 5.07. The SMILES string of the molecule is C/C1=C/CC/C(C)=C/CC/C(C)=C/CC(C(C)(C)O)CC1. The maximum absolute atomic E-state index is 10.4. The molecule has 0 bridgehead atoms. The smallest absolute Gasteiger partial charge is 0.0622 e. The van der Waals surface area contributed by atoms with Crippen molar-refractivity contribution in [3.8, 4) is 0 Å². The molecule has 1 rings (SSSR count). The van der Waals surface area contributed by atoms with Crippen molar-refractivity contribution < 1.29 is 5.11 Å². The van der Waals surface area contributed by atoms with Gasteiger partial charge in [0, 0.05) is 0 Å². The van der Waals surface area contributed by atoms with E-state index in [4.69, 9.17) is 0 Å². The van der Waals surface area contributed by atoms with E-state index in [1.54, 1.807) is 0 Å². The molecule has 0 aliphatic heterocycles. The number of allylic oxidation sites excluding steroid dienone is 6. The molecule has 1 aliphatic rings. The molecule has 0 saturated heterocycles. The summed E-state index contributed by atoms with van der Waals surface area (Å²) in [5, 5.41) is 10.4. The summed E-state index contributed by atoms with van der Waals surface area (Å²) in [4.78, 5) is 0. The van der Waals surface area contributed by atoms with Crippen LogP contribution in [0.5, 0.6) is 0 Å². The van der Waals surface area contributed by atoms with Crippen LogP contribution in [0.15, 0.2) is 34.9 Å². The molecule has 1 heteroatoms. The minimum absolute atomic E-state index is 0.344. The van der Waals surface area contributed by atoms with Gasteiger partial charge in [-0.25, -0.2) is 0 Å². The number of hydrogen-bond donors (Lipinski definition) is 1. The first-order valence-electron chi connectivity index (χ1n) is 8.48. The van der Waals surface area contributed by atoms with Gasteiger partial charge >= 0.3 is 0 Å². The second-order valence-electron chi connectivity index (χ2n) is 7.35. The molecule has 0 amide bonds. The fourth-order valence-corrected chi connectivity index (χ4v) is 2.90. The first-order valence-corrected chi connectivity index (χ1v) is 8.48. The predicted octanol–water partition coefficient (Wildman–Crippen LogP) is 5.96. The Kier molecular flexibility index (Phi) is 7.45. The van der Waals surface area contributed by atoms with Gasteiger partial charge in [-0.3, -0.25) is 0 Å². The Labute approximate surface area is 131 Å². The zero-order chi connectivity index (χ0) is 15.9. The zero-order valence-corrected chi connectivity index (χ0v) is 14.7. The molecule has 120 valence electrons. The van der Waals surface area contributed by atoms with Crippen LogP contribution in [0.25, 0.3) is 0 Å². The molecule has 1 N–H and O–H groups in total. The molecule has 1 unspecified atom stereocenters. The summed E-state index contributed by atoms with van der Waals surface area (Å²) in [5.41, 5.74) is 3.84. The van der Waals surface area contributed by atoms with E-state index in [2.05, 4.69) is 39.0 Å². The molecule has 0 saturated carbocycles. The maximum Gasteiger partial charge on any atom is 0.0622 e. The van der Waals surface area contributed by atoms with Crippen LogP contribution < -0.4 is 0 Å². The van der Waals surface area contributed by atoms with Crippen LogP contribution >= 0.6 is 0 Å². The van der Waals surface area contributed by atoms with Crippen molar-refractivity contribution >= 4 is 0 Å². The third-order valence-corrected chi connectivity index (χ3v) is 4.70. The molecule has 0 heterocycles. The fraction of sp³-hybridized carbons (Fsp3) is 0.700. The summed E-state index contributed by atoms with van der Waals surface area (Å²) in [7, 11) is 0. The molecule has 0 aromatic heterocycles. The molecule has 1 atom stereocenters. The van der Waals surface area contributed by atoms with E-state index in [0.717, 1.165) is 38.5 Å². The van der Waals surface area contributed by atoms with Gasteiger partial charge in [0.15, 0.2) is 0 Å². The van der Waals surface area contributed by atoms with Gasteiger partial charge in [-0.2, -0.15) is 0 Å². The van der Waals surface area contributed by atoms with Crippen LogP contribution in [-0.4, -0.2) is 10.7 Å². The Morgan fingerprint density at radius 2 is 1.33 bits per heavy atom. The highest BCUT2D eigenvalue weighted by Gasteiger charge is 2.25. The number of hydrogen-bond acceptors (Lipinski definition) is 1. The van der Waals surface area contributed by atoms with Crippen molar-refractivity contribution in [2.45, 2.75) is 85.2 Å². The van der Waals surface area contributed by atoms with Gasteiger partial charge in [0.05, 0.1) is 5.60 Å². The van der Waals surface area contributed by atoms with E-state index in [1.165, 1.54) is 23.1 Å². The van der Waals surface area contributed by atoms with E-state index in [9.17, 15) is 5.11 Å². The lowest BCUT2D eigenvalue weighted by Gasteiger charge is -2.29. The Balaban J connectivity index is 2.83. The summed E-state index contributed by atoms with van der Waals surface area (Å²) in [5.74, 6) is 0.344. The van der Waals surface area contributed by atoms with Crippen LogP contribution in [0.1, 0.15) is 79.6 Å². The van der Waals surface area contributed by atoms with Crippen LogP contribution in [-0.2, 0) is 0 Å². The molecule has 0 aromatic rings. The van der Waals surface area contributed by atoms with Gasteiger partial charge < -0.3 is 5.11 Å². The minimum Gasteiger partial charge on any atom is -0.390 e. The number of aliphatic hydroxyl groups is 1. The lowest BCUT2D eigenvalue weighted by atomic mass is 9.83. The third kappa shape index (κ3) is 7.66. The van der Waals surface area contributed by atoms with Crippen molar-refractivity contribution in [2.24, 2.45) is 5.92 Å². The first-order chi connectivity index (χ1) is 9.79. The van der Waals surface area contributed by atoms with E-state index in [0.29, 0.717) is 5.92 Å². The molecule has 0 radical (unpaired) electrons. The highest BCUT2D eigenvalue weighted by atomic mass is 16.3. The van der Waals surface area contributed by atoms with E-state index >= 15 is 0 Å². The second-order valence-corrected chi connectivity index (χ2v) is 7.35. The fourth-order valence-electron chi connectivity index (χ4n) is 2.90. The Morgan fingerprint density at radius 1 is 0.857 bits per heavy atom. The van der Waals surface area contributed by atoms with Gasteiger partial charge in [0.2, 0.25) is 0 Å². The molecular formula is C20H34O. The Hall–Kier alpha value is -0.820. The molecular weight excluding hydrogens is 256 g/mol. The third-order valence-electron chi connectivity index (χ3n) is 4.70. The molecule has 1 aliphatic carbocycles. The largest absolute Gasteiger partial charge is 0.390 e. The average molecular weight is 290 g/mol. The van der Waals surface area contributed by atoms with Gasteiger partial charge in [-0.05, 0) is 85.5 Å². The van der Waals surface area contributed by atoms with Crippen molar-refractivity contribution in [3.63, 3.8) is 0 Å². The molecule has 1 nitrogen and oxygen atoms in total. The number of rotatable bonds is 1. The Morgan fingerprint density at radius 3 is 1.86 bits per heavy atom. The predicted molar refractivity (Wildman–Crippen MR) is 93.4 cm³/mol. The van der Waals surface area contributed by atoms with Crippen molar-refractivity contribution in [3.05, 3.63) is 34.9 Å². The van der Waals surface area contributed by atoms with Crippen molar-refractivity contribution in [1.82, 2.24) is 0 Å². The standard InChI is InChI=1S/C20H34O/c1-16-8-6-10-17(2)12-14-19(20(4,5)21)15-13-18(3)11-7-9-16/h8,11-12,19,21H,6-7,9-10,13-15H2,1-5H3/b16-8+,17-12+,18-11-. The monoisotopic (exact) mass is 290 g/mol. The minimum atomic E-state index is -0.593. The van der Waals surface area contributed by atoms with Gasteiger partial charge in [-0.15, -0.1) is 0 Å². The topological polar surface area (TPSA) is 20.2 Å². The van der Waals surface area contributed by atoms with Crippen LogP contribution in [0, 0.1) is 5.92 Å². The summed E-state index contributed by atoms with van der Waals surface area (Å²) >= 11 is 0. The second kappa shape index (κ2) is 8.58. The van der Waals surface area contributed by atoms with Crippen molar-refractivity contribution in [1.29, 1.82) is 0 Å². The van der Waals surface area contributed by atoms with Crippen LogP contribution in [0.4, 0.5) is 0 Å².